The van der Waals surface area contributed by atoms with E-state index in [1.807, 2.05) is 31.2 Å². The van der Waals surface area contributed by atoms with Gasteiger partial charge in [0.15, 0.2) is 0 Å². The minimum atomic E-state index is 0.322. The molecule has 2 nitrogen and oxygen atoms in total. The van der Waals surface area contributed by atoms with Crippen LogP contribution in [0.3, 0.4) is 0 Å². The number of phenolic OH excluding ortho intramolecular Hbond substituents is 2. The largest absolute Gasteiger partial charge is 0.508 e. The second-order valence-electron chi connectivity index (χ2n) is 3.12. The summed E-state index contributed by atoms with van der Waals surface area (Å²) in [5.41, 5.74) is 0.924. The van der Waals surface area contributed by atoms with Crippen LogP contribution < -0.4 is 0 Å². The lowest BCUT2D eigenvalue weighted by atomic mass is 10.2. The van der Waals surface area contributed by atoms with Crippen molar-refractivity contribution >= 4 is 0 Å². The minimum absolute atomic E-state index is 0.322. The summed E-state index contributed by atoms with van der Waals surface area (Å²) in [4.78, 5) is 0. The summed E-state index contributed by atoms with van der Waals surface area (Å²) >= 11 is 0. The summed E-state index contributed by atoms with van der Waals surface area (Å²) in [5.74, 6) is 0.690. The van der Waals surface area contributed by atoms with E-state index in [0.717, 1.165) is 5.56 Å². The van der Waals surface area contributed by atoms with Gasteiger partial charge in [-0.3, -0.25) is 0 Å². The Labute approximate surface area is 89.4 Å². The first-order valence-corrected chi connectivity index (χ1v) is 4.69. The molecule has 0 aromatic heterocycles. The number of para-hydroxylation sites is 2. The summed E-state index contributed by atoms with van der Waals surface area (Å²) in [7, 11) is 0. The van der Waals surface area contributed by atoms with Crippen molar-refractivity contribution in [1.29, 1.82) is 0 Å². The Morgan fingerprint density at radius 3 is 1.60 bits per heavy atom. The Kier molecular flexibility index (Phi) is 4.23. The van der Waals surface area contributed by atoms with E-state index in [1.54, 1.807) is 30.3 Å². The SMILES string of the molecule is Cc1ccccc1O.Oc1ccccc1. The van der Waals surface area contributed by atoms with Gasteiger partial charge in [-0.15, -0.1) is 0 Å². The normalized spacial score (nSPS) is 8.87. The van der Waals surface area contributed by atoms with E-state index < -0.39 is 0 Å². The second-order valence-corrected chi connectivity index (χ2v) is 3.12. The van der Waals surface area contributed by atoms with Crippen LogP contribution in [0.2, 0.25) is 0 Å². The minimum Gasteiger partial charge on any atom is -0.508 e. The molecule has 0 bridgehead atoms. The van der Waals surface area contributed by atoms with Gasteiger partial charge in [0.25, 0.3) is 0 Å². The van der Waals surface area contributed by atoms with Gasteiger partial charge in [-0.2, -0.15) is 0 Å². The molecule has 0 amide bonds. The van der Waals surface area contributed by atoms with Gasteiger partial charge in [-0.1, -0.05) is 36.4 Å². The predicted octanol–water partition coefficient (Wildman–Crippen LogP) is 3.09. The van der Waals surface area contributed by atoms with Gasteiger partial charge in [-0.05, 0) is 30.7 Å². The average Bonchev–Trinajstić information content (AvgIpc) is 2.25. The lowest BCUT2D eigenvalue weighted by Gasteiger charge is -1.92. The zero-order valence-electron chi connectivity index (χ0n) is 8.59. The van der Waals surface area contributed by atoms with Crippen molar-refractivity contribution in [2.24, 2.45) is 0 Å². The zero-order chi connectivity index (χ0) is 11.1. The van der Waals surface area contributed by atoms with Crippen LogP contribution >= 0.6 is 0 Å². The van der Waals surface area contributed by atoms with Gasteiger partial charge in [-0.25, -0.2) is 0 Å². The molecule has 78 valence electrons. The lowest BCUT2D eigenvalue weighted by Crippen LogP contribution is -1.68. The maximum absolute atomic E-state index is 8.92. The summed E-state index contributed by atoms with van der Waals surface area (Å²) in [5, 5.41) is 17.6. The average molecular weight is 202 g/mol. The Morgan fingerprint density at radius 2 is 1.27 bits per heavy atom. The van der Waals surface area contributed by atoms with Crippen LogP contribution in [0.25, 0.3) is 0 Å². The first-order chi connectivity index (χ1) is 7.20. The summed E-state index contributed by atoms with van der Waals surface area (Å²) in [6, 6.07) is 16.0. The number of aromatic hydroxyl groups is 2. The van der Waals surface area contributed by atoms with Crippen molar-refractivity contribution in [1.82, 2.24) is 0 Å². The highest BCUT2D eigenvalue weighted by Gasteiger charge is 1.87. The van der Waals surface area contributed by atoms with Crippen LogP contribution in [0.4, 0.5) is 0 Å². The van der Waals surface area contributed by atoms with Gasteiger partial charge in [0.05, 0.1) is 0 Å². The van der Waals surface area contributed by atoms with Crippen LogP contribution in [-0.2, 0) is 0 Å². The monoisotopic (exact) mass is 202 g/mol. The van der Waals surface area contributed by atoms with Crippen molar-refractivity contribution in [2.75, 3.05) is 0 Å². The van der Waals surface area contributed by atoms with E-state index in [4.69, 9.17) is 10.2 Å². The smallest absolute Gasteiger partial charge is 0.118 e. The van der Waals surface area contributed by atoms with Gasteiger partial charge in [0, 0.05) is 0 Å². The number of hydrogen-bond donors (Lipinski definition) is 2. The zero-order valence-corrected chi connectivity index (χ0v) is 8.59. The molecule has 0 fully saturated rings. The fourth-order valence-corrected chi connectivity index (χ4v) is 0.991. The third-order valence-corrected chi connectivity index (χ3v) is 1.87. The molecule has 2 heteroatoms. The van der Waals surface area contributed by atoms with E-state index in [0.29, 0.717) is 11.5 Å². The first-order valence-electron chi connectivity index (χ1n) is 4.69. The molecule has 0 radical (unpaired) electrons. The molecule has 0 heterocycles. The van der Waals surface area contributed by atoms with Gasteiger partial charge in [0.1, 0.15) is 11.5 Å². The maximum Gasteiger partial charge on any atom is 0.118 e. The molecule has 0 aliphatic rings. The van der Waals surface area contributed by atoms with E-state index in [2.05, 4.69) is 0 Å². The van der Waals surface area contributed by atoms with Crippen LogP contribution in [0.5, 0.6) is 11.5 Å². The quantitative estimate of drug-likeness (QED) is 0.689. The molecule has 0 atom stereocenters. The molecule has 0 aliphatic heterocycles. The Morgan fingerprint density at radius 1 is 0.733 bits per heavy atom. The molecule has 2 rings (SSSR count). The molecular weight excluding hydrogens is 188 g/mol. The predicted molar refractivity (Wildman–Crippen MR) is 61.0 cm³/mol. The lowest BCUT2D eigenvalue weighted by molar-refractivity contribution is 0.471. The summed E-state index contributed by atoms with van der Waals surface area (Å²) < 4.78 is 0. The molecule has 0 spiro atoms. The molecule has 2 aromatic carbocycles. The number of hydrogen-bond acceptors (Lipinski definition) is 2. The molecule has 0 saturated carbocycles. The van der Waals surface area contributed by atoms with Crippen molar-refractivity contribution in [3.05, 3.63) is 60.2 Å². The van der Waals surface area contributed by atoms with Crippen LogP contribution in [-0.4, -0.2) is 10.2 Å². The molecule has 0 saturated heterocycles. The fourth-order valence-electron chi connectivity index (χ4n) is 0.991. The summed E-state index contributed by atoms with van der Waals surface area (Å²) in [6.07, 6.45) is 0. The molecule has 2 N–H and O–H groups in total. The third kappa shape index (κ3) is 4.18. The number of aryl methyl sites for hydroxylation is 1. The van der Waals surface area contributed by atoms with Crippen molar-refractivity contribution in [3.63, 3.8) is 0 Å². The second kappa shape index (κ2) is 5.70. The number of rotatable bonds is 0. The van der Waals surface area contributed by atoms with Crippen LogP contribution in [0, 0.1) is 6.92 Å². The Balaban J connectivity index is 0.000000151. The van der Waals surface area contributed by atoms with E-state index in [-0.39, 0.29) is 0 Å². The van der Waals surface area contributed by atoms with E-state index >= 15 is 0 Å². The van der Waals surface area contributed by atoms with Crippen LogP contribution in [0.15, 0.2) is 54.6 Å². The van der Waals surface area contributed by atoms with Gasteiger partial charge < -0.3 is 10.2 Å². The molecule has 0 unspecified atom stereocenters. The highest BCUT2D eigenvalue weighted by atomic mass is 16.3. The van der Waals surface area contributed by atoms with Crippen molar-refractivity contribution in [2.45, 2.75) is 6.92 Å². The van der Waals surface area contributed by atoms with Crippen LogP contribution in [0.1, 0.15) is 5.56 Å². The standard InChI is InChI=1S/C7H8O.C6H6O/c1-6-4-2-3-5-7(6)8;7-6-4-2-1-3-5-6/h2-5,8H,1H3;1-5,7H. The molecule has 2 aromatic rings. The number of benzene rings is 2. The third-order valence-electron chi connectivity index (χ3n) is 1.87. The first kappa shape index (κ1) is 11.1. The molecular formula is C13H14O2. The Hall–Kier alpha value is -1.96. The molecule has 15 heavy (non-hydrogen) atoms. The Bertz CT molecular complexity index is 375. The molecule has 0 aliphatic carbocycles. The van der Waals surface area contributed by atoms with Crippen molar-refractivity contribution in [3.8, 4) is 11.5 Å². The number of phenols is 2. The highest BCUT2D eigenvalue weighted by Crippen LogP contribution is 2.12. The van der Waals surface area contributed by atoms with Gasteiger partial charge >= 0.3 is 0 Å². The highest BCUT2D eigenvalue weighted by molar-refractivity contribution is 5.29. The maximum atomic E-state index is 8.92. The van der Waals surface area contributed by atoms with Crippen molar-refractivity contribution < 1.29 is 10.2 Å². The van der Waals surface area contributed by atoms with E-state index in [9.17, 15) is 0 Å². The fraction of sp³-hybridized carbons (Fsp3) is 0.0769. The van der Waals surface area contributed by atoms with Gasteiger partial charge in [0.2, 0.25) is 0 Å². The van der Waals surface area contributed by atoms with E-state index in [1.165, 1.54) is 0 Å². The summed E-state index contributed by atoms with van der Waals surface area (Å²) in [6.45, 7) is 1.87. The topological polar surface area (TPSA) is 40.5 Å².